The number of carbonyl (C=O) groups is 2. The molecule has 0 saturated heterocycles. The largest absolute Gasteiger partial charge is 0.339 e. The van der Waals surface area contributed by atoms with Crippen molar-refractivity contribution in [2.45, 2.75) is 26.7 Å². The van der Waals surface area contributed by atoms with Gasteiger partial charge in [-0.2, -0.15) is 0 Å². The molecule has 2 aromatic rings. The fourth-order valence-corrected chi connectivity index (χ4v) is 4.20. The van der Waals surface area contributed by atoms with Crippen molar-refractivity contribution in [3.05, 3.63) is 65.7 Å². The van der Waals surface area contributed by atoms with Crippen LogP contribution in [0.15, 0.2) is 54.6 Å². The van der Waals surface area contributed by atoms with E-state index in [9.17, 15) is 18.0 Å². The summed E-state index contributed by atoms with van der Waals surface area (Å²) in [6.07, 6.45) is 1.13. The van der Waals surface area contributed by atoms with E-state index in [-0.39, 0.29) is 11.7 Å². The first-order valence-corrected chi connectivity index (χ1v) is 11.6. The molecule has 6 nitrogen and oxygen atoms in total. The highest BCUT2D eigenvalue weighted by Crippen LogP contribution is 2.12. The first kappa shape index (κ1) is 22.6. The maximum Gasteiger partial charge on any atom is 0.253 e. The minimum atomic E-state index is -3.48. The second-order valence-electron chi connectivity index (χ2n) is 6.78. The van der Waals surface area contributed by atoms with Gasteiger partial charge in [0.15, 0.2) is 9.84 Å². The summed E-state index contributed by atoms with van der Waals surface area (Å²) in [4.78, 5) is 26.1. The summed E-state index contributed by atoms with van der Waals surface area (Å²) in [5, 5.41) is 2.59. The molecule has 0 heterocycles. The maximum absolute atomic E-state index is 12.3. The molecule has 1 N–H and O–H groups in total. The minimum Gasteiger partial charge on any atom is -0.339 e. The molecule has 0 aliphatic heterocycles. The number of nitrogens with one attached hydrogen (secondary N) is 1. The molecule has 156 valence electrons. The zero-order chi connectivity index (χ0) is 21.3. The Labute approximate surface area is 172 Å². The zero-order valence-electron chi connectivity index (χ0n) is 16.9. The van der Waals surface area contributed by atoms with E-state index in [0.717, 1.165) is 5.56 Å². The average molecular weight is 417 g/mol. The van der Waals surface area contributed by atoms with Gasteiger partial charge in [0.2, 0.25) is 5.91 Å². The minimum absolute atomic E-state index is 0.0351. The fourth-order valence-electron chi connectivity index (χ4n) is 3.00. The molecular formula is C22H28N2O4S. The lowest BCUT2D eigenvalue weighted by Crippen LogP contribution is -2.30. The third-order valence-corrected chi connectivity index (χ3v) is 6.19. The predicted octanol–water partition coefficient (Wildman–Crippen LogP) is 3.15. The Morgan fingerprint density at radius 2 is 1.55 bits per heavy atom. The van der Waals surface area contributed by atoms with Gasteiger partial charge in [0.1, 0.15) is 5.75 Å². The van der Waals surface area contributed by atoms with Crippen LogP contribution in [-0.4, -0.2) is 49.7 Å². The van der Waals surface area contributed by atoms with Gasteiger partial charge in [0, 0.05) is 24.3 Å². The van der Waals surface area contributed by atoms with Crippen LogP contribution in [0, 0.1) is 0 Å². The van der Waals surface area contributed by atoms with Gasteiger partial charge in [0.05, 0.1) is 5.75 Å². The van der Waals surface area contributed by atoms with E-state index in [1.165, 1.54) is 0 Å². The molecule has 0 radical (unpaired) electrons. The smallest absolute Gasteiger partial charge is 0.253 e. The summed E-state index contributed by atoms with van der Waals surface area (Å²) in [5.41, 5.74) is 2.07. The van der Waals surface area contributed by atoms with Gasteiger partial charge in [0.25, 0.3) is 5.91 Å². The van der Waals surface area contributed by atoms with Crippen LogP contribution in [0.1, 0.15) is 36.2 Å². The third-order valence-electron chi connectivity index (χ3n) is 4.58. The van der Waals surface area contributed by atoms with E-state index in [1.54, 1.807) is 29.2 Å². The molecule has 0 spiro atoms. The summed E-state index contributed by atoms with van der Waals surface area (Å²) in [6, 6.07) is 16.1. The molecule has 2 amide bonds. The Hall–Kier alpha value is -2.67. The summed E-state index contributed by atoms with van der Waals surface area (Å²) in [7, 11) is -3.48. The normalized spacial score (nSPS) is 11.1. The van der Waals surface area contributed by atoms with Gasteiger partial charge < -0.3 is 10.2 Å². The molecule has 2 aromatic carbocycles. The Bertz CT molecular complexity index is 906. The molecule has 29 heavy (non-hydrogen) atoms. The van der Waals surface area contributed by atoms with Crippen molar-refractivity contribution >= 4 is 27.3 Å². The van der Waals surface area contributed by atoms with Crippen molar-refractivity contribution in [2.75, 3.05) is 29.9 Å². The highest BCUT2D eigenvalue weighted by Gasteiger charge is 2.17. The standard InChI is InChI=1S/C22H28N2O4S/c1-3-24(4-2)22(26)19-12-14-20(15-13-19)23-21(25)17-29(27,28)16-8-11-18-9-6-5-7-10-18/h5-7,9-10,12-15H,3-4,8,11,16-17H2,1-2H3,(H,23,25). The summed E-state index contributed by atoms with van der Waals surface area (Å²) < 4.78 is 24.4. The number of hydrogen-bond donors (Lipinski definition) is 1. The van der Waals surface area contributed by atoms with Crippen LogP contribution < -0.4 is 5.32 Å². The topological polar surface area (TPSA) is 83.6 Å². The number of benzene rings is 2. The lowest BCUT2D eigenvalue weighted by molar-refractivity contribution is -0.113. The lowest BCUT2D eigenvalue weighted by Gasteiger charge is -2.18. The van der Waals surface area contributed by atoms with E-state index in [4.69, 9.17) is 0 Å². The van der Waals surface area contributed by atoms with Gasteiger partial charge >= 0.3 is 0 Å². The van der Waals surface area contributed by atoms with Gasteiger partial charge in [-0.15, -0.1) is 0 Å². The van der Waals surface area contributed by atoms with Crippen molar-refractivity contribution in [3.8, 4) is 0 Å². The molecule has 0 aromatic heterocycles. The molecule has 7 heteroatoms. The molecule has 0 unspecified atom stereocenters. The van der Waals surface area contributed by atoms with Crippen molar-refractivity contribution < 1.29 is 18.0 Å². The number of sulfone groups is 1. The number of amides is 2. The van der Waals surface area contributed by atoms with Crippen LogP contribution in [0.4, 0.5) is 5.69 Å². The fraction of sp³-hybridized carbons (Fsp3) is 0.364. The lowest BCUT2D eigenvalue weighted by atomic mass is 10.1. The molecular weight excluding hydrogens is 388 g/mol. The number of aryl methyl sites for hydroxylation is 1. The number of nitrogens with zero attached hydrogens (tertiary/aromatic N) is 1. The highest BCUT2D eigenvalue weighted by atomic mass is 32.2. The van der Waals surface area contributed by atoms with Gasteiger partial charge in [-0.1, -0.05) is 30.3 Å². The maximum atomic E-state index is 12.3. The number of hydrogen-bond acceptors (Lipinski definition) is 4. The Kier molecular flexibility index (Phi) is 8.39. The van der Waals surface area contributed by atoms with E-state index in [1.807, 2.05) is 44.2 Å². The van der Waals surface area contributed by atoms with E-state index in [0.29, 0.717) is 37.2 Å². The van der Waals surface area contributed by atoms with Crippen molar-refractivity contribution in [3.63, 3.8) is 0 Å². The summed E-state index contributed by atoms with van der Waals surface area (Å²) in [5.74, 6) is -1.24. The molecule has 0 aliphatic rings. The third kappa shape index (κ3) is 7.34. The SMILES string of the molecule is CCN(CC)C(=O)c1ccc(NC(=O)CS(=O)(=O)CCCc2ccccc2)cc1. The van der Waals surface area contributed by atoms with Crippen LogP contribution in [0.5, 0.6) is 0 Å². The monoisotopic (exact) mass is 416 g/mol. The predicted molar refractivity (Wildman–Crippen MR) is 116 cm³/mol. The average Bonchev–Trinajstić information content (AvgIpc) is 2.69. The second-order valence-corrected chi connectivity index (χ2v) is 8.97. The van der Waals surface area contributed by atoms with Crippen LogP contribution >= 0.6 is 0 Å². The van der Waals surface area contributed by atoms with Crippen molar-refractivity contribution in [1.82, 2.24) is 4.90 Å². The molecule has 0 aliphatic carbocycles. The Morgan fingerprint density at radius 1 is 0.931 bits per heavy atom. The van der Waals surface area contributed by atoms with Gasteiger partial charge in [-0.05, 0) is 56.5 Å². The molecule has 2 rings (SSSR count). The van der Waals surface area contributed by atoms with Crippen molar-refractivity contribution in [1.29, 1.82) is 0 Å². The van der Waals surface area contributed by atoms with E-state index < -0.39 is 21.5 Å². The Balaban J connectivity index is 1.85. The van der Waals surface area contributed by atoms with E-state index in [2.05, 4.69) is 5.32 Å². The van der Waals surface area contributed by atoms with Crippen LogP contribution in [0.25, 0.3) is 0 Å². The number of carbonyl (C=O) groups excluding carboxylic acids is 2. The molecule has 0 atom stereocenters. The van der Waals surface area contributed by atoms with Crippen molar-refractivity contribution in [2.24, 2.45) is 0 Å². The van der Waals surface area contributed by atoms with Gasteiger partial charge in [-0.3, -0.25) is 9.59 Å². The zero-order valence-corrected chi connectivity index (χ0v) is 17.7. The quantitative estimate of drug-likeness (QED) is 0.645. The molecule has 0 fully saturated rings. The summed E-state index contributed by atoms with van der Waals surface area (Å²) >= 11 is 0. The van der Waals surface area contributed by atoms with Crippen LogP contribution in [0.2, 0.25) is 0 Å². The summed E-state index contributed by atoms with van der Waals surface area (Å²) in [6.45, 7) is 5.07. The Morgan fingerprint density at radius 3 is 2.14 bits per heavy atom. The highest BCUT2D eigenvalue weighted by molar-refractivity contribution is 7.92. The number of anilines is 1. The van der Waals surface area contributed by atoms with Crippen LogP contribution in [0.3, 0.4) is 0 Å². The molecule has 0 bridgehead atoms. The first-order valence-electron chi connectivity index (χ1n) is 9.78. The molecule has 0 saturated carbocycles. The van der Waals surface area contributed by atoms with Crippen LogP contribution in [-0.2, 0) is 21.1 Å². The van der Waals surface area contributed by atoms with Gasteiger partial charge in [-0.25, -0.2) is 8.42 Å². The first-order chi connectivity index (χ1) is 13.8. The van der Waals surface area contributed by atoms with E-state index >= 15 is 0 Å². The number of rotatable bonds is 10. The second kappa shape index (κ2) is 10.8.